The molecular formula is C12H16ClN3O3S2. The molecule has 6 nitrogen and oxygen atoms in total. The number of nitrogens with zero attached hydrogens (tertiary/aromatic N) is 3. The lowest BCUT2D eigenvalue weighted by Crippen LogP contribution is -2.51. The summed E-state index contributed by atoms with van der Waals surface area (Å²) in [7, 11) is -3.71. The minimum absolute atomic E-state index is 0.0239. The molecule has 2 aromatic heterocycles. The van der Waals surface area contributed by atoms with Gasteiger partial charge >= 0.3 is 0 Å². The van der Waals surface area contributed by atoms with E-state index in [1.165, 1.54) is 20.0 Å². The van der Waals surface area contributed by atoms with Crippen LogP contribution >= 0.6 is 22.9 Å². The van der Waals surface area contributed by atoms with E-state index in [4.69, 9.17) is 16.3 Å². The molecule has 2 aromatic rings. The van der Waals surface area contributed by atoms with Crippen LogP contribution in [-0.4, -0.2) is 47.4 Å². The molecule has 0 saturated carbocycles. The Bertz CT molecular complexity index is 755. The van der Waals surface area contributed by atoms with E-state index in [0.29, 0.717) is 24.5 Å². The molecule has 0 radical (unpaired) electrons. The summed E-state index contributed by atoms with van der Waals surface area (Å²) in [6.45, 7) is 4.55. The standard InChI is InChI=1S/C12H16ClN3O3S2/c1-3-9-7-19-8(2)6-16(9)21(17,18)11-10(13)14-12-15(11)4-5-20-12/h4-5,8-9H,3,6-7H2,1-2H3. The van der Waals surface area contributed by atoms with Crippen LogP contribution in [0.4, 0.5) is 0 Å². The average molecular weight is 350 g/mol. The largest absolute Gasteiger partial charge is 0.375 e. The van der Waals surface area contributed by atoms with E-state index >= 15 is 0 Å². The Hall–Kier alpha value is -0.670. The van der Waals surface area contributed by atoms with Gasteiger partial charge in [-0.25, -0.2) is 13.4 Å². The van der Waals surface area contributed by atoms with E-state index in [1.807, 2.05) is 13.8 Å². The minimum atomic E-state index is -3.71. The topological polar surface area (TPSA) is 63.9 Å². The van der Waals surface area contributed by atoms with Gasteiger partial charge in [-0.2, -0.15) is 4.31 Å². The number of halogens is 1. The van der Waals surface area contributed by atoms with Gasteiger partial charge in [0, 0.05) is 24.2 Å². The van der Waals surface area contributed by atoms with E-state index in [1.54, 1.807) is 11.6 Å². The van der Waals surface area contributed by atoms with Gasteiger partial charge in [0.25, 0.3) is 10.0 Å². The van der Waals surface area contributed by atoms with Crippen molar-refractivity contribution in [2.75, 3.05) is 13.2 Å². The average Bonchev–Trinajstić information content (AvgIpc) is 2.97. The van der Waals surface area contributed by atoms with Gasteiger partial charge in [0.05, 0.1) is 12.7 Å². The number of hydrogen-bond donors (Lipinski definition) is 0. The first-order valence-electron chi connectivity index (χ1n) is 6.69. The second-order valence-corrected chi connectivity index (χ2v) is 8.08. The molecule has 0 bridgehead atoms. The molecule has 1 aliphatic heterocycles. The Balaban J connectivity index is 2.10. The molecule has 3 rings (SSSR count). The molecule has 0 amide bonds. The summed E-state index contributed by atoms with van der Waals surface area (Å²) in [5.74, 6) is 0. The summed E-state index contributed by atoms with van der Waals surface area (Å²) in [4.78, 5) is 4.69. The van der Waals surface area contributed by atoms with Crippen LogP contribution in [0.25, 0.3) is 4.96 Å². The van der Waals surface area contributed by atoms with Crippen molar-refractivity contribution in [3.05, 3.63) is 16.7 Å². The van der Waals surface area contributed by atoms with Crippen molar-refractivity contribution in [3.8, 4) is 0 Å². The fourth-order valence-electron chi connectivity index (χ4n) is 2.51. The highest BCUT2D eigenvalue weighted by atomic mass is 35.5. The Labute approximate surface area is 132 Å². The molecule has 9 heteroatoms. The van der Waals surface area contributed by atoms with Crippen LogP contribution in [0.5, 0.6) is 0 Å². The van der Waals surface area contributed by atoms with E-state index in [9.17, 15) is 8.42 Å². The van der Waals surface area contributed by atoms with Gasteiger partial charge in [-0.05, 0) is 13.3 Å². The number of aromatic nitrogens is 2. The fourth-order valence-corrected chi connectivity index (χ4v) is 5.68. The monoisotopic (exact) mass is 349 g/mol. The first kappa shape index (κ1) is 15.2. The molecule has 0 aromatic carbocycles. The number of rotatable bonds is 3. The molecule has 1 saturated heterocycles. The quantitative estimate of drug-likeness (QED) is 0.852. The summed E-state index contributed by atoms with van der Waals surface area (Å²) in [5.41, 5.74) is 0. The van der Waals surface area contributed by atoms with Crippen molar-refractivity contribution in [2.24, 2.45) is 0 Å². The van der Waals surface area contributed by atoms with Crippen LogP contribution < -0.4 is 0 Å². The summed E-state index contributed by atoms with van der Waals surface area (Å²) >= 11 is 7.43. The van der Waals surface area contributed by atoms with Gasteiger partial charge in [0.15, 0.2) is 15.1 Å². The van der Waals surface area contributed by atoms with E-state index in [-0.39, 0.29) is 22.3 Å². The molecule has 3 heterocycles. The van der Waals surface area contributed by atoms with Crippen LogP contribution in [-0.2, 0) is 14.8 Å². The highest BCUT2D eigenvalue weighted by Crippen LogP contribution is 2.30. The maximum atomic E-state index is 13.0. The van der Waals surface area contributed by atoms with Gasteiger partial charge in [-0.3, -0.25) is 4.40 Å². The summed E-state index contributed by atoms with van der Waals surface area (Å²) in [5, 5.41) is 1.86. The third-order valence-corrected chi connectivity index (χ3v) is 6.70. The summed E-state index contributed by atoms with van der Waals surface area (Å²) < 4.78 is 34.6. The van der Waals surface area contributed by atoms with Crippen molar-refractivity contribution >= 4 is 37.9 Å². The van der Waals surface area contributed by atoms with Crippen LogP contribution in [0.1, 0.15) is 20.3 Å². The minimum Gasteiger partial charge on any atom is -0.375 e. The van der Waals surface area contributed by atoms with Gasteiger partial charge in [0.1, 0.15) is 0 Å². The number of hydrogen-bond acceptors (Lipinski definition) is 5. The van der Waals surface area contributed by atoms with Crippen molar-refractivity contribution in [1.29, 1.82) is 0 Å². The van der Waals surface area contributed by atoms with E-state index in [0.717, 1.165) is 0 Å². The predicted octanol–water partition coefficient (Wildman–Crippen LogP) is 2.24. The third kappa shape index (κ3) is 2.49. The fraction of sp³-hybridized carbons (Fsp3) is 0.583. The lowest BCUT2D eigenvalue weighted by Gasteiger charge is -2.36. The Morgan fingerprint density at radius 3 is 3.05 bits per heavy atom. The zero-order chi connectivity index (χ0) is 15.2. The lowest BCUT2D eigenvalue weighted by atomic mass is 10.2. The first-order chi connectivity index (χ1) is 9.95. The van der Waals surface area contributed by atoms with Gasteiger partial charge in [-0.15, -0.1) is 11.3 Å². The van der Waals surface area contributed by atoms with Crippen LogP contribution in [0.2, 0.25) is 5.15 Å². The molecule has 0 N–H and O–H groups in total. The Kier molecular flexibility index (Phi) is 4.00. The number of ether oxygens (including phenoxy) is 1. The van der Waals surface area contributed by atoms with Crippen molar-refractivity contribution in [1.82, 2.24) is 13.7 Å². The highest BCUT2D eigenvalue weighted by Gasteiger charge is 2.39. The highest BCUT2D eigenvalue weighted by molar-refractivity contribution is 7.89. The lowest BCUT2D eigenvalue weighted by molar-refractivity contribution is -0.0231. The van der Waals surface area contributed by atoms with Gasteiger partial charge in [-0.1, -0.05) is 18.5 Å². The molecule has 0 spiro atoms. The number of thiazole rings is 1. The van der Waals surface area contributed by atoms with Gasteiger partial charge < -0.3 is 4.74 Å². The van der Waals surface area contributed by atoms with E-state index < -0.39 is 10.0 Å². The van der Waals surface area contributed by atoms with Crippen molar-refractivity contribution < 1.29 is 13.2 Å². The Morgan fingerprint density at radius 1 is 1.57 bits per heavy atom. The number of imidazole rings is 1. The normalized spacial score (nSPS) is 24.7. The second kappa shape index (κ2) is 5.51. The Morgan fingerprint density at radius 2 is 2.33 bits per heavy atom. The van der Waals surface area contributed by atoms with Crippen molar-refractivity contribution in [3.63, 3.8) is 0 Å². The molecule has 1 fully saturated rings. The van der Waals surface area contributed by atoms with Crippen LogP contribution in [0, 0.1) is 0 Å². The number of sulfonamides is 1. The molecular weight excluding hydrogens is 334 g/mol. The third-order valence-electron chi connectivity index (χ3n) is 3.62. The summed E-state index contributed by atoms with van der Waals surface area (Å²) in [6.07, 6.45) is 2.23. The molecule has 2 atom stereocenters. The molecule has 1 aliphatic rings. The van der Waals surface area contributed by atoms with E-state index in [2.05, 4.69) is 4.98 Å². The number of morpholine rings is 1. The van der Waals surface area contributed by atoms with Gasteiger partial charge in [0.2, 0.25) is 0 Å². The number of fused-ring (bicyclic) bond motifs is 1. The first-order valence-corrected chi connectivity index (χ1v) is 9.39. The zero-order valence-corrected chi connectivity index (χ0v) is 14.1. The van der Waals surface area contributed by atoms with Crippen LogP contribution in [0.15, 0.2) is 16.6 Å². The summed E-state index contributed by atoms with van der Waals surface area (Å²) in [6, 6.07) is -0.175. The molecule has 21 heavy (non-hydrogen) atoms. The van der Waals surface area contributed by atoms with Crippen LogP contribution in [0.3, 0.4) is 0 Å². The zero-order valence-electron chi connectivity index (χ0n) is 11.7. The maximum absolute atomic E-state index is 13.0. The SMILES string of the molecule is CCC1COC(C)CN1S(=O)(=O)c1c(Cl)nc2sccn12. The molecule has 0 aliphatic carbocycles. The molecule has 2 unspecified atom stereocenters. The smallest absolute Gasteiger partial charge is 0.262 e. The molecule has 116 valence electrons. The van der Waals surface area contributed by atoms with Crippen molar-refractivity contribution in [2.45, 2.75) is 37.4 Å². The maximum Gasteiger partial charge on any atom is 0.262 e. The second-order valence-electron chi connectivity index (χ2n) is 5.04. The predicted molar refractivity (Wildman–Crippen MR) is 81.5 cm³/mol.